The van der Waals surface area contributed by atoms with E-state index >= 15 is 0 Å². The first kappa shape index (κ1) is 13.7. The van der Waals surface area contributed by atoms with Crippen LogP contribution in [0.1, 0.15) is 24.1 Å². The van der Waals surface area contributed by atoms with Crippen molar-refractivity contribution in [2.45, 2.75) is 18.7 Å². The molecule has 0 radical (unpaired) electrons. The molecule has 2 rings (SSSR count). The number of sulfonamides is 1. The van der Waals surface area contributed by atoms with Gasteiger partial charge in [-0.3, -0.25) is 4.98 Å². The third-order valence-electron chi connectivity index (χ3n) is 2.74. The van der Waals surface area contributed by atoms with Gasteiger partial charge in [-0.05, 0) is 24.1 Å². The summed E-state index contributed by atoms with van der Waals surface area (Å²) in [5.41, 5.74) is 1.62. The summed E-state index contributed by atoms with van der Waals surface area (Å²) in [6.07, 6.45) is 3.32. The molecule has 19 heavy (non-hydrogen) atoms. The maximum Gasteiger partial charge on any atom is 0.216 e. The monoisotopic (exact) mass is 276 g/mol. The van der Waals surface area contributed by atoms with Crippen LogP contribution in [0.2, 0.25) is 0 Å². The molecule has 0 aliphatic heterocycles. The molecule has 0 aliphatic carbocycles. The molecule has 1 aromatic carbocycles. The minimum atomic E-state index is -3.36. The molecular weight excluding hydrogens is 260 g/mol. The molecule has 0 aliphatic rings. The molecule has 0 amide bonds. The molecule has 0 saturated heterocycles. The minimum absolute atomic E-state index is 0.0154. The Morgan fingerprint density at radius 1 is 1.16 bits per heavy atom. The van der Waals surface area contributed by atoms with Crippen molar-refractivity contribution >= 4 is 10.0 Å². The number of rotatable bonds is 5. The van der Waals surface area contributed by atoms with Gasteiger partial charge in [-0.1, -0.05) is 36.4 Å². The van der Waals surface area contributed by atoms with Crippen LogP contribution in [-0.2, 0) is 15.8 Å². The summed E-state index contributed by atoms with van der Waals surface area (Å²) in [7, 11) is -3.36. The van der Waals surface area contributed by atoms with Crippen molar-refractivity contribution in [3.05, 3.63) is 66.0 Å². The standard InChI is InChI=1S/C14H16N2O2S/c1-12(14-8-5-9-15-10-14)16-19(17,18)11-13-6-3-2-4-7-13/h2-10,12,16H,11H2,1H3. The second-order valence-electron chi connectivity index (χ2n) is 4.37. The third kappa shape index (κ3) is 4.15. The SMILES string of the molecule is CC(NS(=O)(=O)Cc1ccccc1)c1cccnc1. The van der Waals surface area contributed by atoms with Gasteiger partial charge in [0.25, 0.3) is 0 Å². The summed E-state index contributed by atoms with van der Waals surface area (Å²) >= 11 is 0. The van der Waals surface area contributed by atoms with Crippen LogP contribution in [0.25, 0.3) is 0 Å². The molecule has 1 atom stereocenters. The van der Waals surface area contributed by atoms with Gasteiger partial charge in [0.1, 0.15) is 0 Å². The smallest absolute Gasteiger partial charge is 0.216 e. The zero-order valence-electron chi connectivity index (χ0n) is 10.7. The highest BCUT2D eigenvalue weighted by Crippen LogP contribution is 2.13. The fourth-order valence-corrected chi connectivity index (χ4v) is 3.19. The van der Waals surface area contributed by atoms with Gasteiger partial charge in [0, 0.05) is 18.4 Å². The van der Waals surface area contributed by atoms with Gasteiger partial charge in [0.2, 0.25) is 10.0 Å². The van der Waals surface area contributed by atoms with Crippen LogP contribution in [0.4, 0.5) is 0 Å². The van der Waals surface area contributed by atoms with Gasteiger partial charge in [-0.15, -0.1) is 0 Å². The topological polar surface area (TPSA) is 59.1 Å². The van der Waals surface area contributed by atoms with E-state index in [4.69, 9.17) is 0 Å². The Kier molecular flexibility index (Phi) is 4.29. The molecule has 0 saturated carbocycles. The molecule has 5 heteroatoms. The average Bonchev–Trinajstić information content (AvgIpc) is 2.39. The first-order valence-electron chi connectivity index (χ1n) is 6.01. The zero-order valence-corrected chi connectivity index (χ0v) is 11.5. The van der Waals surface area contributed by atoms with Crippen molar-refractivity contribution in [3.8, 4) is 0 Å². The largest absolute Gasteiger partial charge is 0.264 e. The average molecular weight is 276 g/mol. The van der Waals surface area contributed by atoms with Crippen LogP contribution in [0.3, 0.4) is 0 Å². The predicted molar refractivity (Wildman–Crippen MR) is 74.9 cm³/mol. The molecular formula is C14H16N2O2S. The minimum Gasteiger partial charge on any atom is -0.264 e. The molecule has 1 aromatic heterocycles. The van der Waals surface area contributed by atoms with Crippen molar-refractivity contribution in [2.24, 2.45) is 0 Å². The highest BCUT2D eigenvalue weighted by molar-refractivity contribution is 7.88. The maximum absolute atomic E-state index is 12.1. The number of aromatic nitrogens is 1. The van der Waals surface area contributed by atoms with Crippen LogP contribution in [0, 0.1) is 0 Å². The van der Waals surface area contributed by atoms with Crippen LogP contribution in [0.5, 0.6) is 0 Å². The fourth-order valence-electron chi connectivity index (χ4n) is 1.80. The van der Waals surface area contributed by atoms with E-state index in [0.717, 1.165) is 11.1 Å². The van der Waals surface area contributed by atoms with E-state index in [9.17, 15) is 8.42 Å². The van der Waals surface area contributed by atoms with E-state index in [1.165, 1.54) is 0 Å². The van der Waals surface area contributed by atoms with E-state index in [1.807, 2.05) is 24.3 Å². The second kappa shape index (κ2) is 5.95. The van der Waals surface area contributed by atoms with Crippen LogP contribution < -0.4 is 4.72 Å². The Bertz CT molecular complexity index is 612. The quantitative estimate of drug-likeness (QED) is 0.911. The van der Waals surface area contributed by atoms with Gasteiger partial charge >= 0.3 is 0 Å². The highest BCUT2D eigenvalue weighted by Gasteiger charge is 2.16. The van der Waals surface area contributed by atoms with Crippen LogP contribution >= 0.6 is 0 Å². The molecule has 2 aromatic rings. The molecule has 1 unspecified atom stereocenters. The van der Waals surface area contributed by atoms with Crippen molar-refractivity contribution < 1.29 is 8.42 Å². The Hall–Kier alpha value is -1.72. The molecule has 1 N–H and O–H groups in total. The van der Waals surface area contributed by atoms with Crippen molar-refractivity contribution in [1.29, 1.82) is 0 Å². The highest BCUT2D eigenvalue weighted by atomic mass is 32.2. The summed E-state index contributed by atoms with van der Waals surface area (Å²) in [5.74, 6) is -0.0154. The van der Waals surface area contributed by atoms with E-state index in [2.05, 4.69) is 9.71 Å². The van der Waals surface area contributed by atoms with Gasteiger partial charge in [-0.25, -0.2) is 13.1 Å². The van der Waals surface area contributed by atoms with Crippen molar-refractivity contribution in [2.75, 3.05) is 0 Å². The van der Waals surface area contributed by atoms with Gasteiger partial charge in [0.15, 0.2) is 0 Å². The van der Waals surface area contributed by atoms with Gasteiger partial charge in [0.05, 0.1) is 5.75 Å². The summed E-state index contributed by atoms with van der Waals surface area (Å²) in [6.45, 7) is 1.81. The van der Waals surface area contributed by atoms with Gasteiger partial charge in [-0.2, -0.15) is 0 Å². The normalized spacial score (nSPS) is 13.1. The third-order valence-corrected chi connectivity index (χ3v) is 4.17. The van der Waals surface area contributed by atoms with Crippen molar-refractivity contribution in [3.63, 3.8) is 0 Å². The first-order chi connectivity index (χ1) is 9.07. The second-order valence-corrected chi connectivity index (χ2v) is 6.12. The van der Waals surface area contributed by atoms with E-state index in [-0.39, 0.29) is 11.8 Å². The lowest BCUT2D eigenvalue weighted by atomic mass is 10.2. The van der Waals surface area contributed by atoms with Crippen LogP contribution in [-0.4, -0.2) is 13.4 Å². The molecule has 0 spiro atoms. The Morgan fingerprint density at radius 2 is 1.89 bits per heavy atom. The molecule has 100 valence electrons. The Morgan fingerprint density at radius 3 is 2.53 bits per heavy atom. The number of hydrogen-bond donors (Lipinski definition) is 1. The lowest BCUT2D eigenvalue weighted by molar-refractivity contribution is 0.565. The number of nitrogens with one attached hydrogen (secondary N) is 1. The van der Waals surface area contributed by atoms with Crippen LogP contribution in [0.15, 0.2) is 54.9 Å². The first-order valence-corrected chi connectivity index (χ1v) is 7.66. The van der Waals surface area contributed by atoms with E-state index < -0.39 is 10.0 Å². The predicted octanol–water partition coefficient (Wildman–Crippen LogP) is 2.26. The Labute approximate surface area is 113 Å². The number of hydrogen-bond acceptors (Lipinski definition) is 3. The maximum atomic E-state index is 12.1. The number of benzene rings is 1. The Balaban J connectivity index is 2.06. The van der Waals surface area contributed by atoms with E-state index in [0.29, 0.717) is 0 Å². The molecule has 4 nitrogen and oxygen atoms in total. The summed E-state index contributed by atoms with van der Waals surface area (Å²) < 4.78 is 26.8. The molecule has 0 fully saturated rings. The number of nitrogens with zero attached hydrogens (tertiary/aromatic N) is 1. The summed E-state index contributed by atoms with van der Waals surface area (Å²) in [5, 5.41) is 0. The van der Waals surface area contributed by atoms with E-state index in [1.54, 1.807) is 37.5 Å². The number of pyridine rings is 1. The summed E-state index contributed by atoms with van der Waals surface area (Å²) in [4.78, 5) is 3.98. The van der Waals surface area contributed by atoms with Crippen molar-refractivity contribution in [1.82, 2.24) is 9.71 Å². The molecule has 0 bridgehead atoms. The zero-order chi connectivity index (χ0) is 13.7. The lowest BCUT2D eigenvalue weighted by Crippen LogP contribution is -2.28. The summed E-state index contributed by atoms with van der Waals surface area (Å²) in [6, 6.07) is 12.5. The molecule has 1 heterocycles. The van der Waals surface area contributed by atoms with Gasteiger partial charge < -0.3 is 0 Å². The lowest BCUT2D eigenvalue weighted by Gasteiger charge is -2.14. The fraction of sp³-hybridized carbons (Fsp3) is 0.214.